The first kappa shape index (κ1) is 40.6. The quantitative estimate of drug-likeness (QED) is 0.0550. The minimum Gasteiger partial charge on any atom is -0.508 e. The van der Waals surface area contributed by atoms with Crippen LogP contribution >= 0.6 is 0 Å². The van der Waals surface area contributed by atoms with Crippen molar-refractivity contribution in [3.8, 4) is 28.7 Å². The highest BCUT2D eigenvalue weighted by atomic mass is 16.7. The van der Waals surface area contributed by atoms with Crippen LogP contribution in [-0.4, -0.2) is 82.5 Å². The minimum absolute atomic E-state index is 0.0154. The van der Waals surface area contributed by atoms with Crippen LogP contribution in [0.15, 0.2) is 90.1 Å². The van der Waals surface area contributed by atoms with Crippen LogP contribution in [-0.2, 0) is 16.1 Å². The molecule has 0 aromatic heterocycles. The largest absolute Gasteiger partial charge is 0.508 e. The van der Waals surface area contributed by atoms with Crippen LogP contribution in [0.2, 0.25) is 0 Å². The number of nitro benzene ring substituents is 1. The van der Waals surface area contributed by atoms with Crippen LogP contribution in [0.4, 0.5) is 10.5 Å². The Morgan fingerprint density at radius 1 is 1.02 bits per heavy atom. The normalized spacial score (nSPS) is 24.5. The van der Waals surface area contributed by atoms with Crippen molar-refractivity contribution in [2.24, 2.45) is 22.9 Å². The molecular weight excluding hydrogens is 750 g/mol. The summed E-state index contributed by atoms with van der Waals surface area (Å²) in [7, 11) is 1.47. The number of benzene rings is 3. The number of phenols is 1. The number of nitro groups is 1. The van der Waals surface area contributed by atoms with E-state index in [1.54, 1.807) is 36.4 Å². The predicted molar refractivity (Wildman–Crippen MR) is 211 cm³/mol. The van der Waals surface area contributed by atoms with Gasteiger partial charge >= 0.3 is 6.09 Å². The molecule has 1 amide bonds. The predicted octanol–water partition coefficient (Wildman–Crippen LogP) is 6.99. The van der Waals surface area contributed by atoms with E-state index in [4.69, 9.17) is 28.5 Å². The fraction of sp³-hybridized carbons (Fsp3) is 0.442. The smallest absolute Gasteiger partial charge is 0.416 e. The van der Waals surface area contributed by atoms with Crippen molar-refractivity contribution in [3.63, 3.8) is 0 Å². The number of amides is 1. The number of aromatic hydroxyl groups is 1. The van der Waals surface area contributed by atoms with Crippen LogP contribution < -0.4 is 18.9 Å². The molecule has 308 valence electrons. The van der Waals surface area contributed by atoms with Crippen LogP contribution in [0.1, 0.15) is 62.0 Å². The number of fused-ring (bicyclic) bond motifs is 3. The average Bonchev–Trinajstić information content (AvgIpc) is 3.69. The summed E-state index contributed by atoms with van der Waals surface area (Å²) in [5.41, 5.74) is 2.71. The summed E-state index contributed by atoms with van der Waals surface area (Å²) >= 11 is 0. The molecule has 4 aliphatic rings. The first-order valence-electron chi connectivity index (χ1n) is 19.6. The zero-order valence-electron chi connectivity index (χ0n) is 32.4. The minimum atomic E-state index is -1.59. The SMILES string of the molecule is C=CCOC12Oc3ccc(O)cc3C3C(CCCCO)C(CCCCO)C=C(C(=NOC)CC1N(Cc1ccc4c(c1)OCO4)C(=O)Oc1ccc([N+](=O)[O-])cc1)C32. The molecule has 2 aliphatic heterocycles. The van der Waals surface area contributed by atoms with E-state index in [1.807, 2.05) is 6.07 Å². The number of phenolic OH excluding ortho intramolecular Hbond substituents is 1. The van der Waals surface area contributed by atoms with E-state index in [2.05, 4.69) is 17.8 Å². The van der Waals surface area contributed by atoms with E-state index >= 15 is 0 Å². The van der Waals surface area contributed by atoms with Crippen LogP contribution in [0.3, 0.4) is 0 Å². The number of oxime groups is 1. The van der Waals surface area contributed by atoms with E-state index in [0.29, 0.717) is 41.4 Å². The van der Waals surface area contributed by atoms with Gasteiger partial charge in [-0.25, -0.2) is 4.79 Å². The number of allylic oxidation sites excluding steroid dienone is 1. The van der Waals surface area contributed by atoms with Gasteiger partial charge in [0, 0.05) is 49.8 Å². The van der Waals surface area contributed by atoms with Gasteiger partial charge < -0.3 is 43.8 Å². The molecule has 3 aromatic rings. The first-order valence-corrected chi connectivity index (χ1v) is 19.6. The van der Waals surface area contributed by atoms with Crippen LogP contribution in [0.5, 0.6) is 28.7 Å². The number of hydrogen-bond acceptors (Lipinski definition) is 13. The first-order chi connectivity index (χ1) is 28.2. The van der Waals surface area contributed by atoms with E-state index in [-0.39, 0.29) is 74.5 Å². The molecule has 0 spiro atoms. The molecule has 0 saturated heterocycles. The van der Waals surface area contributed by atoms with Gasteiger partial charge in [-0.2, -0.15) is 0 Å². The van der Waals surface area contributed by atoms with E-state index in [9.17, 15) is 30.2 Å². The molecule has 2 aliphatic carbocycles. The van der Waals surface area contributed by atoms with E-state index in [0.717, 1.165) is 36.8 Å². The molecule has 15 heteroatoms. The van der Waals surface area contributed by atoms with Gasteiger partial charge in [-0.1, -0.05) is 36.2 Å². The number of aliphatic hydroxyl groups is 2. The summed E-state index contributed by atoms with van der Waals surface area (Å²) in [6, 6.07) is 14.7. The maximum absolute atomic E-state index is 14.8. The summed E-state index contributed by atoms with van der Waals surface area (Å²) in [5.74, 6) is -0.819. The lowest BCUT2D eigenvalue weighted by Gasteiger charge is -2.59. The number of carbonyl (C=O) groups is 1. The van der Waals surface area contributed by atoms with Crippen LogP contribution in [0.25, 0.3) is 0 Å². The third kappa shape index (κ3) is 8.06. The molecule has 0 bridgehead atoms. The Hall–Kier alpha value is -5.64. The Balaban J connectivity index is 1.42. The Labute approximate surface area is 336 Å². The highest BCUT2D eigenvalue weighted by Gasteiger charge is 2.65. The summed E-state index contributed by atoms with van der Waals surface area (Å²) in [6.07, 6.45) is 7.41. The lowest BCUT2D eigenvalue weighted by molar-refractivity contribution is -0.384. The van der Waals surface area contributed by atoms with Crippen molar-refractivity contribution >= 4 is 17.5 Å². The lowest BCUT2D eigenvalue weighted by Crippen LogP contribution is -2.70. The molecule has 6 atom stereocenters. The maximum Gasteiger partial charge on any atom is 0.416 e. The molecule has 1 saturated carbocycles. The highest BCUT2D eigenvalue weighted by molar-refractivity contribution is 6.03. The summed E-state index contributed by atoms with van der Waals surface area (Å²) in [6.45, 7) is 4.16. The topological polar surface area (TPSA) is 192 Å². The highest BCUT2D eigenvalue weighted by Crippen LogP contribution is 2.62. The number of non-ortho nitro benzene ring substituents is 1. The molecule has 58 heavy (non-hydrogen) atoms. The third-order valence-electron chi connectivity index (χ3n) is 11.5. The molecule has 7 rings (SSSR count). The van der Waals surface area contributed by atoms with Crippen molar-refractivity contribution in [3.05, 3.63) is 106 Å². The van der Waals surface area contributed by atoms with Gasteiger partial charge in [0.1, 0.15) is 30.4 Å². The Morgan fingerprint density at radius 2 is 1.76 bits per heavy atom. The number of aliphatic hydroxyl groups excluding tert-OH is 2. The van der Waals surface area contributed by atoms with Gasteiger partial charge in [-0.15, -0.1) is 6.58 Å². The fourth-order valence-corrected chi connectivity index (χ4v) is 9.10. The van der Waals surface area contributed by atoms with Gasteiger partial charge in [0.15, 0.2) is 11.5 Å². The standard InChI is InChI=1S/C43H49N3O12/c1-3-20-56-43-39(45(25-27-10-16-37-38(21-27)55-26-54-37)42(50)57-31-14-11-29(12-15-31)46(51)52)24-35(44-53-2)33-22-28(8-4-6-18-47)32(9-5-7-19-48)40(41(33)43)34-23-30(49)13-17-36(34)58-43/h3,10-17,21-23,28,32,39-41,47-49H,1,4-9,18-20,24-26H2,2H3. The summed E-state index contributed by atoms with van der Waals surface area (Å²) in [4.78, 5) is 32.7. The van der Waals surface area contributed by atoms with Crippen molar-refractivity contribution in [2.45, 2.75) is 69.2 Å². The lowest BCUT2D eigenvalue weighted by atomic mass is 9.55. The third-order valence-corrected chi connectivity index (χ3v) is 11.5. The van der Waals surface area contributed by atoms with E-state index in [1.165, 1.54) is 36.3 Å². The Bertz CT molecular complexity index is 2040. The van der Waals surface area contributed by atoms with Gasteiger partial charge in [-0.05, 0) is 91.1 Å². The molecule has 3 aromatic carbocycles. The van der Waals surface area contributed by atoms with Gasteiger partial charge in [0.05, 0.1) is 23.2 Å². The van der Waals surface area contributed by atoms with Crippen molar-refractivity contribution in [2.75, 3.05) is 33.7 Å². The van der Waals surface area contributed by atoms with Gasteiger partial charge in [0.2, 0.25) is 12.6 Å². The molecule has 6 unspecified atom stereocenters. The number of ether oxygens (including phenoxy) is 5. The Kier molecular flexibility index (Phi) is 12.5. The second-order valence-corrected chi connectivity index (χ2v) is 14.9. The second kappa shape index (κ2) is 17.9. The fourth-order valence-electron chi connectivity index (χ4n) is 9.10. The molecule has 1 fully saturated rings. The maximum atomic E-state index is 14.8. The van der Waals surface area contributed by atoms with Gasteiger partial charge in [-0.3, -0.25) is 15.0 Å². The van der Waals surface area contributed by atoms with Crippen molar-refractivity contribution in [1.82, 2.24) is 4.90 Å². The number of nitrogens with zero attached hydrogens (tertiary/aromatic N) is 3. The molecule has 2 heterocycles. The van der Waals surface area contributed by atoms with Gasteiger partial charge in [0.25, 0.3) is 5.69 Å². The average molecular weight is 800 g/mol. The number of carbonyl (C=O) groups excluding carboxylic acids is 1. The molecule has 15 nitrogen and oxygen atoms in total. The summed E-state index contributed by atoms with van der Waals surface area (Å²) < 4.78 is 31.3. The van der Waals surface area contributed by atoms with Crippen LogP contribution in [0, 0.1) is 27.9 Å². The Morgan fingerprint density at radius 3 is 2.48 bits per heavy atom. The molecule has 3 N–H and O–H groups in total. The van der Waals surface area contributed by atoms with E-state index < -0.39 is 28.8 Å². The zero-order valence-corrected chi connectivity index (χ0v) is 32.4. The van der Waals surface area contributed by atoms with Crippen molar-refractivity contribution < 1.29 is 53.6 Å². The zero-order chi connectivity index (χ0) is 40.8. The van der Waals surface area contributed by atoms with Crippen molar-refractivity contribution in [1.29, 1.82) is 0 Å². The summed E-state index contributed by atoms with van der Waals surface area (Å²) in [5, 5.41) is 46.5. The number of unbranched alkanes of at least 4 members (excludes halogenated alkanes) is 2. The number of hydrogen-bond donors (Lipinski definition) is 3. The second-order valence-electron chi connectivity index (χ2n) is 14.9. The molecule has 0 radical (unpaired) electrons. The monoisotopic (exact) mass is 799 g/mol. The number of rotatable bonds is 17. The molecular formula is C43H49N3O12.